The van der Waals surface area contributed by atoms with Crippen LogP contribution in [0.25, 0.3) is 22.7 Å². The summed E-state index contributed by atoms with van der Waals surface area (Å²) in [5.74, 6) is 2.42. The maximum atomic E-state index is 11.3. The van der Waals surface area contributed by atoms with E-state index in [1.54, 1.807) is 11.0 Å². The van der Waals surface area contributed by atoms with Crippen molar-refractivity contribution in [2.75, 3.05) is 11.9 Å². The number of anilines is 2. The Bertz CT molecular complexity index is 1500. The first-order valence-corrected chi connectivity index (χ1v) is 11.2. The predicted molar refractivity (Wildman–Crippen MR) is 132 cm³/mol. The maximum absolute atomic E-state index is 11.3. The average Bonchev–Trinajstić information content (AvgIpc) is 3.44. The molecule has 4 aromatic heterocycles. The lowest BCUT2D eigenvalue weighted by Gasteiger charge is -2.12. The van der Waals surface area contributed by atoms with E-state index in [4.69, 9.17) is 9.72 Å². The van der Waals surface area contributed by atoms with Crippen molar-refractivity contribution in [1.82, 2.24) is 34.5 Å². The van der Waals surface area contributed by atoms with Crippen LogP contribution in [0.5, 0.6) is 5.88 Å². The summed E-state index contributed by atoms with van der Waals surface area (Å²) >= 11 is 0. The van der Waals surface area contributed by atoms with Crippen molar-refractivity contribution in [2.24, 2.45) is 0 Å². The molecular formula is C25H24N8O2. The van der Waals surface area contributed by atoms with Crippen LogP contribution < -0.4 is 10.1 Å². The van der Waals surface area contributed by atoms with Gasteiger partial charge < -0.3 is 14.8 Å². The molecule has 0 aliphatic rings. The smallest absolute Gasteiger partial charge is 0.233 e. The number of fused-ring (bicyclic) bond motifs is 1. The zero-order chi connectivity index (χ0) is 24.4. The highest BCUT2D eigenvalue weighted by atomic mass is 16.5. The van der Waals surface area contributed by atoms with Gasteiger partial charge in [0, 0.05) is 29.4 Å². The van der Waals surface area contributed by atoms with E-state index in [0.717, 1.165) is 40.0 Å². The summed E-state index contributed by atoms with van der Waals surface area (Å²) in [6, 6.07) is 15.3. The van der Waals surface area contributed by atoms with Crippen LogP contribution in [0, 0.1) is 13.8 Å². The molecule has 0 spiro atoms. The first-order chi connectivity index (χ1) is 17.1. The number of carbonyl (C=O) groups excluding carboxylic acids is 1. The van der Waals surface area contributed by atoms with E-state index in [9.17, 15) is 4.79 Å². The quantitative estimate of drug-likeness (QED) is 0.341. The first-order valence-electron chi connectivity index (χ1n) is 11.2. The normalized spacial score (nSPS) is 11.1. The van der Waals surface area contributed by atoms with Gasteiger partial charge >= 0.3 is 0 Å². The largest absolute Gasteiger partial charge is 0.477 e. The molecule has 0 radical (unpaired) electrons. The van der Waals surface area contributed by atoms with Crippen molar-refractivity contribution in [3.63, 3.8) is 0 Å². The van der Waals surface area contributed by atoms with Gasteiger partial charge in [-0.1, -0.05) is 6.07 Å². The van der Waals surface area contributed by atoms with Gasteiger partial charge in [0.05, 0.1) is 23.3 Å². The summed E-state index contributed by atoms with van der Waals surface area (Å²) < 4.78 is 9.16. The number of pyridine rings is 1. The van der Waals surface area contributed by atoms with E-state index >= 15 is 0 Å². The van der Waals surface area contributed by atoms with Gasteiger partial charge in [-0.25, -0.2) is 14.6 Å². The first kappa shape index (κ1) is 22.2. The monoisotopic (exact) mass is 468 g/mol. The number of aromatic nitrogens is 7. The number of rotatable bonds is 8. The highest BCUT2D eigenvalue weighted by Gasteiger charge is 2.15. The molecular weight excluding hydrogens is 444 g/mol. The molecule has 10 nitrogen and oxygen atoms in total. The average molecular weight is 469 g/mol. The second-order valence-corrected chi connectivity index (χ2v) is 7.99. The fraction of sp³-hybridized carbons (Fsp3) is 0.200. The van der Waals surface area contributed by atoms with Gasteiger partial charge in [-0.05, 0) is 57.2 Å². The molecule has 176 valence electrons. The molecule has 35 heavy (non-hydrogen) atoms. The van der Waals surface area contributed by atoms with Crippen LogP contribution in [-0.4, -0.2) is 47.4 Å². The molecule has 1 N–H and O–H groups in total. The zero-order valence-corrected chi connectivity index (χ0v) is 19.6. The lowest BCUT2D eigenvalue weighted by atomic mass is 10.2. The van der Waals surface area contributed by atoms with Crippen LogP contribution in [-0.2, 0) is 11.2 Å². The number of aryl methyl sites for hydroxylation is 2. The van der Waals surface area contributed by atoms with Crippen LogP contribution in [0.1, 0.15) is 23.9 Å². The van der Waals surface area contributed by atoms with Gasteiger partial charge in [0.1, 0.15) is 18.4 Å². The fourth-order valence-electron chi connectivity index (χ4n) is 3.80. The van der Waals surface area contributed by atoms with Crippen molar-refractivity contribution < 1.29 is 9.53 Å². The number of aldehydes is 1. The molecule has 4 heterocycles. The van der Waals surface area contributed by atoms with Crippen molar-refractivity contribution >= 4 is 28.8 Å². The Balaban J connectivity index is 1.52. The lowest BCUT2D eigenvalue weighted by molar-refractivity contribution is -0.107. The molecule has 0 fully saturated rings. The predicted octanol–water partition coefficient (Wildman–Crippen LogP) is 3.90. The molecule has 0 unspecified atom stereocenters. The van der Waals surface area contributed by atoms with E-state index in [1.807, 2.05) is 73.9 Å². The molecule has 5 rings (SSSR count). The van der Waals surface area contributed by atoms with E-state index in [1.165, 1.54) is 0 Å². The lowest BCUT2D eigenvalue weighted by Crippen LogP contribution is -2.09. The standard InChI is InChI=1S/C25H24N8O2/c1-4-35-24-13-17(3)33(31-24)25-18(11-12-34)6-10-23(28-25)32-15-26-20-14-19(7-8-21(20)32)27-22-9-5-16(2)29-30-22/h5-10,12-15H,4,11H2,1-3H3,(H,27,30). The molecule has 0 saturated carbocycles. The highest BCUT2D eigenvalue weighted by molar-refractivity contribution is 5.82. The summed E-state index contributed by atoms with van der Waals surface area (Å²) in [4.78, 5) is 20.7. The van der Waals surface area contributed by atoms with Crippen LogP contribution in [0.2, 0.25) is 0 Å². The third kappa shape index (κ3) is 4.45. The Morgan fingerprint density at radius 3 is 2.71 bits per heavy atom. The Morgan fingerprint density at radius 1 is 1.06 bits per heavy atom. The maximum Gasteiger partial charge on any atom is 0.233 e. The number of hydrogen-bond donors (Lipinski definition) is 1. The van der Waals surface area contributed by atoms with E-state index < -0.39 is 0 Å². The second-order valence-electron chi connectivity index (χ2n) is 7.99. The molecule has 0 atom stereocenters. The van der Waals surface area contributed by atoms with Crippen LogP contribution in [0.4, 0.5) is 11.5 Å². The van der Waals surface area contributed by atoms with Crippen molar-refractivity contribution in [1.29, 1.82) is 0 Å². The Labute approximate surface area is 201 Å². The highest BCUT2D eigenvalue weighted by Crippen LogP contribution is 2.25. The van der Waals surface area contributed by atoms with Gasteiger partial charge in [-0.2, -0.15) is 5.10 Å². The summed E-state index contributed by atoms with van der Waals surface area (Å²) in [6.07, 6.45) is 2.82. The minimum Gasteiger partial charge on any atom is -0.477 e. The number of benzene rings is 1. The van der Waals surface area contributed by atoms with E-state index in [0.29, 0.717) is 29.9 Å². The zero-order valence-electron chi connectivity index (χ0n) is 19.6. The van der Waals surface area contributed by atoms with Crippen molar-refractivity contribution in [3.05, 3.63) is 71.8 Å². The molecule has 5 aromatic rings. The Morgan fingerprint density at radius 2 is 1.94 bits per heavy atom. The number of hydrogen-bond acceptors (Lipinski definition) is 8. The van der Waals surface area contributed by atoms with E-state index in [-0.39, 0.29) is 6.42 Å². The molecule has 0 bridgehead atoms. The number of carbonyl (C=O) groups is 1. The van der Waals surface area contributed by atoms with Gasteiger partial charge in [-0.15, -0.1) is 10.2 Å². The molecule has 0 aliphatic carbocycles. The number of imidazole rings is 1. The second kappa shape index (κ2) is 9.34. The van der Waals surface area contributed by atoms with E-state index in [2.05, 4.69) is 25.6 Å². The summed E-state index contributed by atoms with van der Waals surface area (Å²) in [5, 5.41) is 16.0. The van der Waals surface area contributed by atoms with Gasteiger partial charge in [-0.3, -0.25) is 4.57 Å². The van der Waals surface area contributed by atoms with Crippen LogP contribution in [0.3, 0.4) is 0 Å². The number of nitrogens with one attached hydrogen (secondary N) is 1. The third-order valence-electron chi connectivity index (χ3n) is 5.47. The molecule has 10 heteroatoms. The summed E-state index contributed by atoms with van der Waals surface area (Å²) in [5.41, 5.74) is 5.02. The van der Waals surface area contributed by atoms with Crippen LogP contribution in [0.15, 0.2) is 54.9 Å². The van der Waals surface area contributed by atoms with Crippen molar-refractivity contribution in [2.45, 2.75) is 27.2 Å². The molecule has 0 aliphatic heterocycles. The van der Waals surface area contributed by atoms with Gasteiger partial charge in [0.2, 0.25) is 5.88 Å². The SMILES string of the molecule is CCOc1cc(C)n(-c2nc(-n3cnc4cc(Nc5ccc(C)nn5)ccc43)ccc2CC=O)n1. The van der Waals surface area contributed by atoms with Gasteiger partial charge in [0.25, 0.3) is 0 Å². The number of ether oxygens (including phenoxy) is 1. The minimum absolute atomic E-state index is 0.230. The molecule has 0 amide bonds. The summed E-state index contributed by atoms with van der Waals surface area (Å²) in [7, 11) is 0. The molecule has 0 saturated heterocycles. The summed E-state index contributed by atoms with van der Waals surface area (Å²) in [6.45, 7) is 6.24. The minimum atomic E-state index is 0.230. The van der Waals surface area contributed by atoms with Crippen molar-refractivity contribution in [3.8, 4) is 17.5 Å². The van der Waals surface area contributed by atoms with Crippen LogP contribution >= 0.6 is 0 Å². The van der Waals surface area contributed by atoms with Gasteiger partial charge in [0.15, 0.2) is 11.6 Å². The fourth-order valence-corrected chi connectivity index (χ4v) is 3.80. The third-order valence-corrected chi connectivity index (χ3v) is 5.47. The Hall–Kier alpha value is -4.60. The molecule has 1 aromatic carbocycles. The Kier molecular flexibility index (Phi) is 5.92. The topological polar surface area (TPSA) is 113 Å². The number of nitrogens with zero attached hydrogens (tertiary/aromatic N) is 7.